The van der Waals surface area contributed by atoms with Gasteiger partial charge in [-0.2, -0.15) is 0 Å². The highest BCUT2D eigenvalue weighted by molar-refractivity contribution is 7.15. The van der Waals surface area contributed by atoms with E-state index in [1.54, 1.807) is 26.8 Å². The standard InChI is InChI=1S/C24H24N2O4S/c1-24(2,3)30-23(27)20(16-19-14-15-21(31-19)26(28)29)25-22(17-10-6-4-7-11-17)18-12-8-5-9-13-18/h4-15,20H,16H2,1-3H3. The number of hydrogen-bond acceptors (Lipinski definition) is 6. The molecule has 3 aromatic rings. The number of nitro groups is 1. The van der Waals surface area contributed by atoms with E-state index in [1.165, 1.54) is 6.07 Å². The third-order valence-electron chi connectivity index (χ3n) is 4.28. The number of ether oxygens (including phenoxy) is 1. The molecular formula is C24H24N2O4S. The zero-order valence-corrected chi connectivity index (χ0v) is 18.5. The topological polar surface area (TPSA) is 81.8 Å². The van der Waals surface area contributed by atoms with E-state index in [0.29, 0.717) is 10.6 Å². The van der Waals surface area contributed by atoms with Gasteiger partial charge in [-0.25, -0.2) is 4.79 Å². The van der Waals surface area contributed by atoms with Gasteiger partial charge in [0.25, 0.3) is 0 Å². The molecule has 0 saturated heterocycles. The van der Waals surface area contributed by atoms with Gasteiger partial charge in [0.15, 0.2) is 6.04 Å². The SMILES string of the molecule is CC(C)(C)OC(=O)C(Cc1ccc([N+](=O)[O-])s1)N=C(c1ccccc1)c1ccccc1. The molecule has 0 aliphatic rings. The lowest BCUT2D eigenvalue weighted by molar-refractivity contribution is -0.380. The van der Waals surface area contributed by atoms with Crippen molar-refractivity contribution in [3.8, 4) is 0 Å². The van der Waals surface area contributed by atoms with Gasteiger partial charge in [0, 0.05) is 28.5 Å². The Hall–Kier alpha value is -3.32. The molecule has 0 aliphatic carbocycles. The molecule has 1 unspecified atom stereocenters. The van der Waals surface area contributed by atoms with E-state index in [-0.39, 0.29) is 11.4 Å². The molecule has 7 heteroatoms. The van der Waals surface area contributed by atoms with Crippen molar-refractivity contribution in [1.82, 2.24) is 0 Å². The summed E-state index contributed by atoms with van der Waals surface area (Å²) in [4.78, 5) is 29.2. The Morgan fingerprint density at radius 1 is 1.00 bits per heavy atom. The van der Waals surface area contributed by atoms with Crippen LogP contribution in [0.25, 0.3) is 0 Å². The third kappa shape index (κ3) is 6.33. The van der Waals surface area contributed by atoms with Crippen LogP contribution in [-0.4, -0.2) is 28.2 Å². The lowest BCUT2D eigenvalue weighted by Crippen LogP contribution is -2.33. The van der Waals surface area contributed by atoms with Crippen LogP contribution in [0.15, 0.2) is 77.8 Å². The summed E-state index contributed by atoms with van der Waals surface area (Å²) in [5.41, 5.74) is 1.74. The number of carbonyl (C=O) groups is 1. The van der Waals surface area contributed by atoms with Gasteiger partial charge in [-0.1, -0.05) is 72.0 Å². The van der Waals surface area contributed by atoms with Gasteiger partial charge in [-0.3, -0.25) is 15.1 Å². The van der Waals surface area contributed by atoms with Gasteiger partial charge >= 0.3 is 11.0 Å². The molecule has 1 aromatic heterocycles. The number of benzene rings is 2. The number of nitrogens with zero attached hydrogens (tertiary/aromatic N) is 2. The van der Waals surface area contributed by atoms with Crippen LogP contribution in [0.1, 0.15) is 36.8 Å². The molecule has 160 valence electrons. The van der Waals surface area contributed by atoms with Crippen LogP contribution < -0.4 is 0 Å². The van der Waals surface area contributed by atoms with Crippen molar-refractivity contribution in [2.45, 2.75) is 38.8 Å². The second-order valence-electron chi connectivity index (χ2n) is 7.96. The maximum absolute atomic E-state index is 13.0. The molecule has 0 radical (unpaired) electrons. The van der Waals surface area contributed by atoms with Gasteiger partial charge < -0.3 is 4.74 Å². The maximum Gasteiger partial charge on any atom is 0.331 e. The average Bonchev–Trinajstić information content (AvgIpc) is 3.20. The molecule has 6 nitrogen and oxygen atoms in total. The summed E-state index contributed by atoms with van der Waals surface area (Å²) in [5, 5.41) is 11.1. The Kier molecular flexibility index (Phi) is 6.97. The van der Waals surface area contributed by atoms with Gasteiger partial charge in [-0.15, -0.1) is 0 Å². The third-order valence-corrected chi connectivity index (χ3v) is 5.34. The predicted molar refractivity (Wildman–Crippen MR) is 123 cm³/mol. The first kappa shape index (κ1) is 22.4. The number of rotatable bonds is 7. The summed E-state index contributed by atoms with van der Waals surface area (Å²) in [6.45, 7) is 5.41. The molecule has 0 saturated carbocycles. The first-order valence-electron chi connectivity index (χ1n) is 9.87. The quantitative estimate of drug-likeness (QED) is 0.213. The minimum atomic E-state index is -0.840. The second kappa shape index (κ2) is 9.66. The van der Waals surface area contributed by atoms with Crippen LogP contribution >= 0.6 is 11.3 Å². The number of carbonyl (C=O) groups excluding carboxylic acids is 1. The van der Waals surface area contributed by atoms with Gasteiger partial charge in [0.1, 0.15) is 5.60 Å². The molecule has 0 amide bonds. The molecule has 2 aromatic carbocycles. The van der Waals surface area contributed by atoms with Crippen LogP contribution in [0, 0.1) is 10.1 Å². The number of thiophene rings is 1. The minimum Gasteiger partial charge on any atom is -0.458 e. The number of aliphatic imine (C=N–C) groups is 1. The summed E-state index contributed by atoms with van der Waals surface area (Å²) in [5.74, 6) is -0.465. The summed E-state index contributed by atoms with van der Waals surface area (Å²) in [7, 11) is 0. The first-order valence-corrected chi connectivity index (χ1v) is 10.7. The van der Waals surface area contributed by atoms with Crippen molar-refractivity contribution in [2.75, 3.05) is 0 Å². The van der Waals surface area contributed by atoms with Crippen LogP contribution in [0.3, 0.4) is 0 Å². The zero-order valence-electron chi connectivity index (χ0n) is 17.6. The van der Waals surface area contributed by atoms with E-state index in [2.05, 4.69) is 0 Å². The fourth-order valence-corrected chi connectivity index (χ4v) is 3.84. The maximum atomic E-state index is 13.0. The molecule has 3 rings (SSSR count). The fourth-order valence-electron chi connectivity index (χ4n) is 2.98. The summed E-state index contributed by atoms with van der Waals surface area (Å²) in [6.07, 6.45) is 0.219. The van der Waals surface area contributed by atoms with Gasteiger partial charge in [-0.05, 0) is 26.8 Å². The number of esters is 1. The highest BCUT2D eigenvalue weighted by Crippen LogP contribution is 2.26. The molecule has 0 bridgehead atoms. The van der Waals surface area contributed by atoms with E-state index < -0.39 is 22.5 Å². The average molecular weight is 437 g/mol. The first-order chi connectivity index (χ1) is 14.7. The Bertz CT molecular complexity index is 1030. The molecule has 0 spiro atoms. The van der Waals surface area contributed by atoms with Crippen molar-refractivity contribution in [3.63, 3.8) is 0 Å². The minimum absolute atomic E-state index is 0.0354. The van der Waals surface area contributed by atoms with Crippen molar-refractivity contribution in [3.05, 3.63) is 98.9 Å². The molecule has 0 fully saturated rings. The normalized spacial score (nSPS) is 12.1. The Morgan fingerprint density at radius 3 is 2.00 bits per heavy atom. The molecule has 1 atom stereocenters. The lowest BCUT2D eigenvalue weighted by atomic mass is 10.0. The van der Waals surface area contributed by atoms with Crippen molar-refractivity contribution in [1.29, 1.82) is 0 Å². The monoisotopic (exact) mass is 436 g/mol. The highest BCUT2D eigenvalue weighted by Gasteiger charge is 2.27. The van der Waals surface area contributed by atoms with Crippen molar-refractivity contribution < 1.29 is 14.5 Å². The van der Waals surface area contributed by atoms with Crippen LogP contribution in [-0.2, 0) is 16.0 Å². The smallest absolute Gasteiger partial charge is 0.331 e. The fraction of sp³-hybridized carbons (Fsp3) is 0.250. The van der Waals surface area contributed by atoms with E-state index in [1.807, 2.05) is 60.7 Å². The molecule has 0 aliphatic heterocycles. The van der Waals surface area contributed by atoms with E-state index in [4.69, 9.17) is 9.73 Å². The Labute approximate surface area is 185 Å². The van der Waals surface area contributed by atoms with Crippen molar-refractivity contribution >= 4 is 28.0 Å². The van der Waals surface area contributed by atoms with Crippen molar-refractivity contribution in [2.24, 2.45) is 4.99 Å². The van der Waals surface area contributed by atoms with Gasteiger partial charge in [0.2, 0.25) is 0 Å². The van der Waals surface area contributed by atoms with Crippen LogP contribution in [0.5, 0.6) is 0 Å². The van der Waals surface area contributed by atoms with Gasteiger partial charge in [0.05, 0.1) is 10.6 Å². The highest BCUT2D eigenvalue weighted by atomic mass is 32.1. The second-order valence-corrected chi connectivity index (χ2v) is 9.11. The summed E-state index contributed by atoms with van der Waals surface area (Å²) in [6, 6.07) is 21.5. The predicted octanol–water partition coefficient (Wildman–Crippen LogP) is 5.45. The lowest BCUT2D eigenvalue weighted by Gasteiger charge is -2.23. The Balaban J connectivity index is 2.04. The van der Waals surface area contributed by atoms with Crippen LogP contribution in [0.2, 0.25) is 0 Å². The van der Waals surface area contributed by atoms with E-state index in [9.17, 15) is 14.9 Å². The molecule has 0 N–H and O–H groups in total. The van der Waals surface area contributed by atoms with E-state index >= 15 is 0 Å². The summed E-state index contributed by atoms with van der Waals surface area (Å²) >= 11 is 1.05. The largest absolute Gasteiger partial charge is 0.458 e. The Morgan fingerprint density at radius 2 is 1.55 bits per heavy atom. The molecule has 1 heterocycles. The zero-order chi connectivity index (χ0) is 22.4. The molecular weight excluding hydrogens is 412 g/mol. The van der Waals surface area contributed by atoms with E-state index in [0.717, 1.165) is 22.5 Å². The number of hydrogen-bond donors (Lipinski definition) is 0. The van der Waals surface area contributed by atoms with Crippen LogP contribution in [0.4, 0.5) is 5.00 Å². The summed E-state index contributed by atoms with van der Waals surface area (Å²) < 4.78 is 5.62. The molecule has 31 heavy (non-hydrogen) atoms.